The van der Waals surface area contributed by atoms with Gasteiger partial charge in [-0.15, -0.1) is 0 Å². The normalized spacial score (nSPS) is 12.7. The monoisotopic (exact) mass is 552 g/mol. The molecule has 8 aromatic rings. The molecule has 0 N–H and O–H groups in total. The van der Waals surface area contributed by atoms with E-state index in [1.807, 2.05) is 54.6 Å². The molecule has 35 heavy (non-hydrogen) atoms. The first-order valence-electron chi connectivity index (χ1n) is 11.1. The van der Waals surface area contributed by atoms with Gasteiger partial charge in [0.15, 0.2) is 10.9 Å². The number of rotatable bonds is 0. The molecule has 0 aliphatic rings. The third-order valence-corrected chi connectivity index (χ3v) is 8.52. The van der Waals surface area contributed by atoms with Gasteiger partial charge in [-0.2, -0.15) is 0 Å². The van der Waals surface area contributed by atoms with Crippen LogP contribution in [0.25, 0.3) is 75.4 Å². The summed E-state index contributed by atoms with van der Waals surface area (Å²) in [6, 6.07) is 21.2. The lowest BCUT2D eigenvalue weighted by molar-refractivity contribution is 1.69. The van der Waals surface area contributed by atoms with E-state index in [4.69, 9.17) is 23.2 Å². The highest BCUT2D eigenvalue weighted by Crippen LogP contribution is 2.46. The van der Waals surface area contributed by atoms with Crippen molar-refractivity contribution in [2.75, 3.05) is 0 Å². The van der Waals surface area contributed by atoms with Crippen LogP contribution in [-0.2, 0) is 0 Å². The third kappa shape index (κ3) is 2.32. The van der Waals surface area contributed by atoms with Crippen molar-refractivity contribution in [1.82, 2.24) is 0 Å². The van der Waals surface area contributed by atoms with Crippen LogP contribution in [-0.4, -0.2) is 0 Å². The molecular weight excluding hydrogens is 543 g/mol. The van der Waals surface area contributed by atoms with Crippen LogP contribution < -0.4 is 10.9 Å². The molecule has 0 spiro atoms. The summed E-state index contributed by atoms with van der Waals surface area (Å²) in [6.07, 6.45) is 0. The Morgan fingerprint density at radius 1 is 0.486 bits per heavy atom. The lowest BCUT2D eigenvalue weighted by atomic mass is 9.84. The number of hydrogen-bond acceptors (Lipinski definition) is 2. The zero-order valence-corrected chi connectivity index (χ0v) is 20.9. The minimum atomic E-state index is -0.0503. The average molecular weight is 554 g/mol. The molecule has 0 amide bonds. The Bertz CT molecular complexity index is 2340. The second kappa shape index (κ2) is 6.50. The highest BCUT2D eigenvalue weighted by atomic mass is 79.9. The maximum atomic E-state index is 13.6. The van der Waals surface area contributed by atoms with Gasteiger partial charge in [-0.25, -0.2) is 0 Å². The summed E-state index contributed by atoms with van der Waals surface area (Å²) in [5, 5.41) is 12.8. The van der Waals surface area contributed by atoms with E-state index in [1.165, 1.54) is 0 Å². The van der Waals surface area contributed by atoms with E-state index in [0.29, 0.717) is 31.6 Å². The Balaban J connectivity index is 1.79. The number of hydrogen-bond donors (Lipinski definition) is 0. The molecule has 0 aliphatic carbocycles. The highest BCUT2D eigenvalue weighted by molar-refractivity contribution is 9.10. The number of fused-ring (bicyclic) bond motifs is 4. The SMILES string of the molecule is O=c1c2cccc(Cl)c2c2cc3ccc4c(=O)c5cc(Br)cc(Cl)c5c5cc6ccc1c2c6c3c45. The minimum absolute atomic E-state index is 0.0326. The predicted octanol–water partition coefficient (Wildman–Crippen LogP) is 8.86. The predicted molar refractivity (Wildman–Crippen MR) is 153 cm³/mol. The van der Waals surface area contributed by atoms with Crippen molar-refractivity contribution < 1.29 is 0 Å². The Kier molecular flexibility index (Phi) is 3.71. The summed E-state index contributed by atoms with van der Waals surface area (Å²) >= 11 is 16.9. The summed E-state index contributed by atoms with van der Waals surface area (Å²) in [6.45, 7) is 0. The van der Waals surface area contributed by atoms with Crippen LogP contribution in [0.1, 0.15) is 0 Å². The number of benzene rings is 8. The van der Waals surface area contributed by atoms with E-state index in [-0.39, 0.29) is 10.9 Å². The summed E-state index contributed by atoms with van der Waals surface area (Å²) in [7, 11) is 0. The first-order valence-corrected chi connectivity index (χ1v) is 12.6. The van der Waals surface area contributed by atoms with Gasteiger partial charge in [-0.05, 0) is 74.8 Å². The van der Waals surface area contributed by atoms with Crippen molar-refractivity contribution >= 4 is 115 Å². The van der Waals surface area contributed by atoms with E-state index in [9.17, 15) is 9.59 Å². The fraction of sp³-hybridized carbons (Fsp3) is 0. The van der Waals surface area contributed by atoms with Crippen molar-refractivity contribution in [3.63, 3.8) is 0 Å². The number of halogens is 3. The molecule has 0 aromatic heterocycles. The van der Waals surface area contributed by atoms with Crippen LogP contribution in [0.4, 0.5) is 0 Å². The first-order chi connectivity index (χ1) is 16.9. The van der Waals surface area contributed by atoms with E-state index < -0.39 is 0 Å². The van der Waals surface area contributed by atoms with Crippen LogP contribution in [0.15, 0.2) is 80.8 Å². The fourth-order valence-electron chi connectivity index (χ4n) is 6.11. The van der Waals surface area contributed by atoms with Crippen LogP contribution in [0.2, 0.25) is 10.0 Å². The molecule has 8 aromatic carbocycles. The van der Waals surface area contributed by atoms with Gasteiger partial charge in [-0.1, -0.05) is 63.4 Å². The van der Waals surface area contributed by atoms with Gasteiger partial charge in [0.1, 0.15) is 0 Å². The second-order valence-corrected chi connectivity index (χ2v) is 10.9. The molecule has 8 rings (SSSR count). The Morgan fingerprint density at radius 2 is 1.03 bits per heavy atom. The zero-order valence-electron chi connectivity index (χ0n) is 17.8. The van der Waals surface area contributed by atoms with Crippen molar-refractivity contribution in [2.45, 2.75) is 0 Å². The van der Waals surface area contributed by atoms with Gasteiger partial charge in [0, 0.05) is 52.6 Å². The Morgan fingerprint density at radius 3 is 1.66 bits per heavy atom. The fourth-order valence-corrected chi connectivity index (χ4v) is 7.30. The smallest absolute Gasteiger partial charge is 0.194 e. The van der Waals surface area contributed by atoms with Crippen LogP contribution >= 0.6 is 39.1 Å². The average Bonchev–Trinajstić information content (AvgIpc) is 2.84. The van der Waals surface area contributed by atoms with Gasteiger partial charge in [0.2, 0.25) is 0 Å². The van der Waals surface area contributed by atoms with E-state index in [2.05, 4.69) is 28.1 Å². The zero-order chi connectivity index (χ0) is 23.7. The van der Waals surface area contributed by atoms with E-state index >= 15 is 0 Å². The molecule has 0 radical (unpaired) electrons. The standard InChI is InChI=1S/C30H11BrCl2O2/c31-14-10-20-26(22(33)11-14)19-9-13-4-6-16-27-18(25-15(29(16)34)2-1-3-21(25)32)8-12-5-7-17(30(20)35)28(19)24(12)23(13)27/h1-11H. The van der Waals surface area contributed by atoms with E-state index in [1.54, 1.807) is 0 Å². The molecule has 0 fully saturated rings. The topological polar surface area (TPSA) is 34.1 Å². The highest BCUT2D eigenvalue weighted by Gasteiger charge is 2.22. The maximum absolute atomic E-state index is 13.6. The molecule has 0 heterocycles. The molecule has 0 unspecified atom stereocenters. The van der Waals surface area contributed by atoms with Gasteiger partial charge >= 0.3 is 0 Å². The third-order valence-electron chi connectivity index (χ3n) is 7.45. The van der Waals surface area contributed by atoms with Crippen molar-refractivity contribution in [1.29, 1.82) is 0 Å². The summed E-state index contributed by atoms with van der Waals surface area (Å²) in [5.41, 5.74) is -0.0829. The molecule has 0 saturated carbocycles. The maximum Gasteiger partial charge on any atom is 0.194 e. The second-order valence-electron chi connectivity index (χ2n) is 9.15. The Hall–Kier alpha value is -3.24. The summed E-state index contributed by atoms with van der Waals surface area (Å²) in [5.74, 6) is 0. The molecule has 0 aliphatic heterocycles. The summed E-state index contributed by atoms with van der Waals surface area (Å²) < 4.78 is 0.767. The largest absolute Gasteiger partial charge is 0.289 e. The lowest BCUT2D eigenvalue weighted by Crippen LogP contribution is -2.06. The van der Waals surface area contributed by atoms with Gasteiger partial charge < -0.3 is 0 Å². The van der Waals surface area contributed by atoms with E-state index in [0.717, 1.165) is 58.3 Å². The van der Waals surface area contributed by atoms with Gasteiger partial charge in [-0.3, -0.25) is 9.59 Å². The van der Waals surface area contributed by atoms with Crippen molar-refractivity contribution in [3.05, 3.63) is 102 Å². The molecular formula is C30H11BrCl2O2. The molecule has 0 bridgehead atoms. The minimum Gasteiger partial charge on any atom is -0.289 e. The van der Waals surface area contributed by atoms with Crippen LogP contribution in [0, 0.1) is 0 Å². The van der Waals surface area contributed by atoms with Crippen LogP contribution in [0.3, 0.4) is 0 Å². The van der Waals surface area contributed by atoms with Gasteiger partial charge in [0.05, 0.1) is 5.02 Å². The Labute approximate surface area is 215 Å². The van der Waals surface area contributed by atoms with Crippen LogP contribution in [0.5, 0.6) is 0 Å². The van der Waals surface area contributed by atoms with Crippen molar-refractivity contribution in [2.24, 2.45) is 0 Å². The molecule has 2 nitrogen and oxygen atoms in total. The molecule has 0 atom stereocenters. The molecule has 164 valence electrons. The molecule has 0 saturated heterocycles. The first kappa shape index (κ1) is 20.0. The summed E-state index contributed by atoms with van der Waals surface area (Å²) in [4.78, 5) is 27.2. The lowest BCUT2D eigenvalue weighted by Gasteiger charge is -2.19. The van der Waals surface area contributed by atoms with Gasteiger partial charge in [0.25, 0.3) is 0 Å². The quantitative estimate of drug-likeness (QED) is 0.139. The molecule has 5 heteroatoms. The van der Waals surface area contributed by atoms with Crippen molar-refractivity contribution in [3.8, 4) is 0 Å².